The zero-order valence-corrected chi connectivity index (χ0v) is 11.0. The molecule has 0 spiro atoms. The third-order valence-electron chi connectivity index (χ3n) is 2.60. The lowest BCUT2D eigenvalue weighted by Gasteiger charge is -2.06. The summed E-state index contributed by atoms with van der Waals surface area (Å²) in [7, 11) is 1.61. The molecule has 0 aliphatic heterocycles. The fourth-order valence-electron chi connectivity index (χ4n) is 1.67. The van der Waals surface area contributed by atoms with Gasteiger partial charge in [-0.25, -0.2) is 0 Å². The lowest BCUT2D eigenvalue weighted by Crippen LogP contribution is -2.24. The first-order valence-electron chi connectivity index (χ1n) is 6.21. The molecular weight excluding hydrogens is 246 g/mol. The molecule has 1 amide bonds. The number of carboxylic acid groups (broad SMARTS) is 1. The summed E-state index contributed by atoms with van der Waals surface area (Å²) in [6.45, 7) is 0.959. The number of ether oxygens (including phenoxy) is 1. The van der Waals surface area contributed by atoms with Crippen LogP contribution in [0.15, 0.2) is 24.3 Å². The summed E-state index contributed by atoms with van der Waals surface area (Å²) in [5.74, 6) is -0.952. The van der Waals surface area contributed by atoms with Crippen LogP contribution in [0, 0.1) is 0 Å². The number of amides is 1. The number of rotatable bonds is 8. The zero-order chi connectivity index (χ0) is 14.1. The average Bonchev–Trinajstić information content (AvgIpc) is 2.38. The van der Waals surface area contributed by atoms with Crippen molar-refractivity contribution in [3.05, 3.63) is 35.4 Å². The third kappa shape index (κ3) is 6.01. The van der Waals surface area contributed by atoms with Crippen LogP contribution in [0.3, 0.4) is 0 Å². The molecule has 0 bridgehead atoms. The van der Waals surface area contributed by atoms with Crippen LogP contribution >= 0.6 is 0 Å². The normalized spacial score (nSPS) is 10.2. The highest BCUT2D eigenvalue weighted by Gasteiger charge is 2.05. The van der Waals surface area contributed by atoms with Crippen LogP contribution in [0.5, 0.6) is 0 Å². The molecule has 0 fully saturated rings. The second-order valence-corrected chi connectivity index (χ2v) is 4.24. The van der Waals surface area contributed by atoms with E-state index in [2.05, 4.69) is 5.32 Å². The largest absolute Gasteiger partial charge is 0.481 e. The van der Waals surface area contributed by atoms with E-state index in [1.807, 2.05) is 12.1 Å². The van der Waals surface area contributed by atoms with Gasteiger partial charge in [0, 0.05) is 25.6 Å². The van der Waals surface area contributed by atoms with Crippen LogP contribution in [0.25, 0.3) is 0 Å². The molecule has 19 heavy (non-hydrogen) atoms. The number of nitrogens with one attached hydrogen (secondary N) is 1. The van der Waals surface area contributed by atoms with Crippen molar-refractivity contribution in [2.75, 3.05) is 13.7 Å². The van der Waals surface area contributed by atoms with Crippen molar-refractivity contribution in [1.82, 2.24) is 5.32 Å². The first-order chi connectivity index (χ1) is 9.13. The van der Waals surface area contributed by atoms with E-state index in [-0.39, 0.29) is 12.3 Å². The number of unbranched alkanes of at least 4 members (excludes halogenated alkanes) is 1. The van der Waals surface area contributed by atoms with Crippen molar-refractivity contribution in [1.29, 1.82) is 0 Å². The molecule has 1 rings (SSSR count). The summed E-state index contributed by atoms with van der Waals surface area (Å²) in [6, 6.07) is 7.24. The van der Waals surface area contributed by atoms with Gasteiger partial charge in [-0.2, -0.15) is 0 Å². The van der Waals surface area contributed by atoms with E-state index in [1.165, 1.54) is 0 Å². The standard InChI is InChI=1S/C14H19NO4/c1-19-10-11-5-4-6-12(9-11)14(18)15-8-3-2-7-13(16)17/h4-6,9H,2-3,7-8,10H2,1H3,(H,15,18)(H,16,17). The van der Waals surface area contributed by atoms with Crippen molar-refractivity contribution < 1.29 is 19.4 Å². The first-order valence-corrected chi connectivity index (χ1v) is 6.21. The maximum absolute atomic E-state index is 11.8. The third-order valence-corrected chi connectivity index (χ3v) is 2.60. The highest BCUT2D eigenvalue weighted by atomic mass is 16.5. The maximum Gasteiger partial charge on any atom is 0.303 e. The molecule has 1 aromatic rings. The molecule has 104 valence electrons. The van der Waals surface area contributed by atoms with Crippen LogP contribution < -0.4 is 5.32 Å². The predicted octanol–water partition coefficient (Wildman–Crippen LogP) is 1.82. The second kappa shape index (κ2) is 8.26. The van der Waals surface area contributed by atoms with E-state index < -0.39 is 5.97 Å². The minimum Gasteiger partial charge on any atom is -0.481 e. The van der Waals surface area contributed by atoms with Gasteiger partial charge in [0.25, 0.3) is 5.91 Å². The van der Waals surface area contributed by atoms with E-state index in [0.29, 0.717) is 31.6 Å². The predicted molar refractivity (Wildman–Crippen MR) is 71.0 cm³/mol. The van der Waals surface area contributed by atoms with E-state index in [4.69, 9.17) is 9.84 Å². The van der Waals surface area contributed by atoms with Gasteiger partial charge in [0.15, 0.2) is 0 Å². The van der Waals surface area contributed by atoms with Gasteiger partial charge in [0.1, 0.15) is 0 Å². The highest BCUT2D eigenvalue weighted by molar-refractivity contribution is 5.94. The highest BCUT2D eigenvalue weighted by Crippen LogP contribution is 2.06. The summed E-state index contributed by atoms with van der Waals surface area (Å²) in [5, 5.41) is 11.3. The van der Waals surface area contributed by atoms with Crippen molar-refractivity contribution in [3.63, 3.8) is 0 Å². The lowest BCUT2D eigenvalue weighted by atomic mass is 10.1. The molecule has 1 aromatic carbocycles. The first kappa shape index (κ1) is 15.2. The molecule has 0 heterocycles. The van der Waals surface area contributed by atoms with Crippen molar-refractivity contribution in [2.24, 2.45) is 0 Å². The number of aliphatic carboxylic acids is 1. The van der Waals surface area contributed by atoms with Crippen molar-refractivity contribution >= 4 is 11.9 Å². The van der Waals surface area contributed by atoms with Gasteiger partial charge < -0.3 is 15.2 Å². The fraction of sp³-hybridized carbons (Fsp3) is 0.429. The topological polar surface area (TPSA) is 75.6 Å². The molecular formula is C14H19NO4. The number of hydrogen-bond donors (Lipinski definition) is 2. The fourth-order valence-corrected chi connectivity index (χ4v) is 1.67. The number of carbonyl (C=O) groups is 2. The maximum atomic E-state index is 11.8. The molecule has 0 aromatic heterocycles. The number of carboxylic acids is 1. The van der Waals surface area contributed by atoms with Crippen LogP contribution in [-0.4, -0.2) is 30.6 Å². The Labute approximate surface area is 112 Å². The zero-order valence-electron chi connectivity index (χ0n) is 11.0. The molecule has 5 heteroatoms. The Hall–Kier alpha value is -1.88. The summed E-state index contributed by atoms with van der Waals surface area (Å²) < 4.78 is 5.01. The molecule has 0 aliphatic rings. The smallest absolute Gasteiger partial charge is 0.303 e. The van der Waals surface area contributed by atoms with Crippen LogP contribution in [0.2, 0.25) is 0 Å². The molecule has 0 unspecified atom stereocenters. The Morgan fingerprint density at radius 1 is 1.32 bits per heavy atom. The molecule has 0 saturated carbocycles. The molecule has 0 aliphatic carbocycles. The molecule has 2 N–H and O–H groups in total. The van der Waals surface area contributed by atoms with Crippen molar-refractivity contribution in [3.8, 4) is 0 Å². The summed E-state index contributed by atoms with van der Waals surface area (Å²) in [6.07, 6.45) is 1.37. The summed E-state index contributed by atoms with van der Waals surface area (Å²) in [5.41, 5.74) is 1.54. The molecule has 0 radical (unpaired) electrons. The SMILES string of the molecule is COCc1cccc(C(=O)NCCCCC(=O)O)c1. The Balaban J connectivity index is 2.36. The van der Waals surface area contributed by atoms with Gasteiger partial charge in [0.05, 0.1) is 6.61 Å². The Morgan fingerprint density at radius 2 is 2.11 bits per heavy atom. The lowest BCUT2D eigenvalue weighted by molar-refractivity contribution is -0.137. The Morgan fingerprint density at radius 3 is 2.79 bits per heavy atom. The van der Waals surface area contributed by atoms with Crippen LogP contribution in [0.1, 0.15) is 35.2 Å². The van der Waals surface area contributed by atoms with Crippen LogP contribution in [-0.2, 0) is 16.1 Å². The van der Waals surface area contributed by atoms with Crippen molar-refractivity contribution in [2.45, 2.75) is 25.9 Å². The molecule has 0 atom stereocenters. The Kier molecular flexibility index (Phi) is 6.60. The second-order valence-electron chi connectivity index (χ2n) is 4.24. The van der Waals surface area contributed by atoms with Gasteiger partial charge in [-0.3, -0.25) is 9.59 Å². The summed E-state index contributed by atoms with van der Waals surface area (Å²) in [4.78, 5) is 22.1. The minimum atomic E-state index is -0.807. The van der Waals surface area contributed by atoms with Gasteiger partial charge in [0.2, 0.25) is 0 Å². The minimum absolute atomic E-state index is 0.138. The molecule has 0 saturated heterocycles. The van der Waals surface area contributed by atoms with E-state index >= 15 is 0 Å². The van der Waals surface area contributed by atoms with Gasteiger partial charge in [-0.05, 0) is 30.5 Å². The van der Waals surface area contributed by atoms with Crippen LogP contribution in [0.4, 0.5) is 0 Å². The number of methoxy groups -OCH3 is 1. The van der Waals surface area contributed by atoms with Gasteiger partial charge in [-0.1, -0.05) is 12.1 Å². The quantitative estimate of drug-likeness (QED) is 0.703. The number of hydrogen-bond acceptors (Lipinski definition) is 3. The molecule has 5 nitrogen and oxygen atoms in total. The number of benzene rings is 1. The van der Waals surface area contributed by atoms with E-state index in [1.54, 1.807) is 19.2 Å². The average molecular weight is 265 g/mol. The monoisotopic (exact) mass is 265 g/mol. The van der Waals surface area contributed by atoms with E-state index in [0.717, 1.165) is 5.56 Å². The number of carbonyl (C=O) groups excluding carboxylic acids is 1. The Bertz CT molecular complexity index is 431. The van der Waals surface area contributed by atoms with E-state index in [9.17, 15) is 9.59 Å². The van der Waals surface area contributed by atoms with Gasteiger partial charge in [-0.15, -0.1) is 0 Å². The van der Waals surface area contributed by atoms with Gasteiger partial charge >= 0.3 is 5.97 Å². The summed E-state index contributed by atoms with van der Waals surface area (Å²) >= 11 is 0.